The molecule has 0 bridgehead atoms. The van der Waals surface area contributed by atoms with Gasteiger partial charge in [0.05, 0.1) is 0 Å². The smallest absolute Gasteiger partial charge is 0.0377 e. The minimum absolute atomic E-state index is 0.634. The Hall–Kier alpha value is -0.980. The lowest BCUT2D eigenvalue weighted by Gasteiger charge is -2.25. The van der Waals surface area contributed by atoms with E-state index >= 15 is 0 Å². The second-order valence-electron chi connectivity index (χ2n) is 4.18. The molecule has 0 radical (unpaired) electrons. The first kappa shape index (κ1) is 8.61. The van der Waals surface area contributed by atoms with E-state index in [-0.39, 0.29) is 0 Å². The molecule has 1 N–H and O–H groups in total. The van der Waals surface area contributed by atoms with Crippen molar-refractivity contribution in [2.45, 2.75) is 39.7 Å². The van der Waals surface area contributed by atoms with E-state index in [1.165, 1.54) is 35.2 Å². The van der Waals surface area contributed by atoms with E-state index in [1.54, 1.807) is 0 Å². The Balaban J connectivity index is 2.43. The Morgan fingerprint density at radius 2 is 1.92 bits per heavy atom. The zero-order valence-corrected chi connectivity index (χ0v) is 8.65. The topological polar surface area (TPSA) is 12.0 Å². The Labute approximate surface area is 80.2 Å². The van der Waals surface area contributed by atoms with Crippen molar-refractivity contribution in [3.63, 3.8) is 0 Å². The van der Waals surface area contributed by atoms with Crippen LogP contribution in [-0.4, -0.2) is 6.04 Å². The van der Waals surface area contributed by atoms with Crippen molar-refractivity contribution in [1.82, 2.24) is 0 Å². The molecular formula is C12H17N. The number of fused-ring (bicyclic) bond motifs is 1. The highest BCUT2D eigenvalue weighted by Crippen LogP contribution is 2.27. The Morgan fingerprint density at radius 1 is 1.23 bits per heavy atom. The molecule has 1 aromatic carbocycles. The molecule has 1 nitrogen and oxygen atoms in total. The Bertz CT molecular complexity index is 328. The summed E-state index contributed by atoms with van der Waals surface area (Å²) in [6.45, 7) is 6.61. The van der Waals surface area contributed by atoms with Crippen molar-refractivity contribution < 1.29 is 0 Å². The highest BCUT2D eigenvalue weighted by Gasteiger charge is 2.14. The molecule has 0 spiro atoms. The molecule has 13 heavy (non-hydrogen) atoms. The van der Waals surface area contributed by atoms with Crippen LogP contribution in [0.1, 0.15) is 30.0 Å². The first-order valence-corrected chi connectivity index (χ1v) is 5.03. The molecule has 2 rings (SSSR count). The van der Waals surface area contributed by atoms with Crippen molar-refractivity contribution in [1.29, 1.82) is 0 Å². The van der Waals surface area contributed by atoms with Gasteiger partial charge in [0.2, 0.25) is 0 Å². The van der Waals surface area contributed by atoms with E-state index in [2.05, 4.69) is 38.2 Å². The molecule has 0 fully saturated rings. The van der Waals surface area contributed by atoms with Crippen LogP contribution in [0.25, 0.3) is 0 Å². The molecule has 1 aliphatic heterocycles. The second kappa shape index (κ2) is 3.06. The van der Waals surface area contributed by atoms with Crippen molar-refractivity contribution in [3.8, 4) is 0 Å². The zero-order valence-electron chi connectivity index (χ0n) is 8.65. The number of hydrogen-bond acceptors (Lipinski definition) is 1. The van der Waals surface area contributed by atoms with Crippen LogP contribution >= 0.6 is 0 Å². The van der Waals surface area contributed by atoms with E-state index < -0.39 is 0 Å². The van der Waals surface area contributed by atoms with Gasteiger partial charge in [0.1, 0.15) is 0 Å². The van der Waals surface area contributed by atoms with Crippen molar-refractivity contribution in [2.24, 2.45) is 0 Å². The predicted octanol–water partition coefficient (Wildman–Crippen LogP) is 3.05. The first-order valence-electron chi connectivity index (χ1n) is 5.03. The van der Waals surface area contributed by atoms with Gasteiger partial charge in [-0.15, -0.1) is 0 Å². The van der Waals surface area contributed by atoms with Crippen molar-refractivity contribution in [3.05, 3.63) is 28.8 Å². The van der Waals surface area contributed by atoms with E-state index in [4.69, 9.17) is 0 Å². The van der Waals surface area contributed by atoms with Gasteiger partial charge in [0, 0.05) is 11.7 Å². The molecule has 0 amide bonds. The lowest BCUT2D eigenvalue weighted by molar-refractivity contribution is 0.680. The van der Waals surface area contributed by atoms with Crippen LogP contribution < -0.4 is 5.32 Å². The summed E-state index contributed by atoms with van der Waals surface area (Å²) in [7, 11) is 0. The number of hydrogen-bond donors (Lipinski definition) is 1. The van der Waals surface area contributed by atoms with Crippen LogP contribution in [0.5, 0.6) is 0 Å². The normalized spacial score (nSPS) is 20.7. The SMILES string of the molecule is Cc1cc2c(cc1C)N[C@@H](C)CC2. The third-order valence-corrected chi connectivity index (χ3v) is 2.97. The first-order chi connectivity index (χ1) is 6.16. The fourth-order valence-electron chi connectivity index (χ4n) is 1.93. The monoisotopic (exact) mass is 175 g/mol. The Morgan fingerprint density at radius 3 is 2.69 bits per heavy atom. The molecule has 70 valence electrons. The Kier molecular flexibility index (Phi) is 2.03. The molecule has 1 aliphatic rings. The number of aryl methyl sites for hydroxylation is 3. The predicted molar refractivity (Wildman–Crippen MR) is 57.3 cm³/mol. The van der Waals surface area contributed by atoms with Gasteiger partial charge in [0.15, 0.2) is 0 Å². The van der Waals surface area contributed by atoms with Gasteiger partial charge in [-0.2, -0.15) is 0 Å². The molecule has 1 heterocycles. The fourth-order valence-corrected chi connectivity index (χ4v) is 1.93. The number of anilines is 1. The van der Waals surface area contributed by atoms with Gasteiger partial charge < -0.3 is 5.32 Å². The van der Waals surface area contributed by atoms with Gasteiger partial charge in [-0.1, -0.05) is 6.07 Å². The summed E-state index contributed by atoms with van der Waals surface area (Å²) < 4.78 is 0. The molecule has 0 saturated heterocycles. The molecule has 1 heteroatoms. The quantitative estimate of drug-likeness (QED) is 0.639. The number of rotatable bonds is 0. The number of nitrogens with one attached hydrogen (secondary N) is 1. The minimum atomic E-state index is 0.634. The largest absolute Gasteiger partial charge is 0.382 e. The zero-order chi connectivity index (χ0) is 9.42. The van der Waals surface area contributed by atoms with Crippen LogP contribution in [-0.2, 0) is 6.42 Å². The highest BCUT2D eigenvalue weighted by molar-refractivity contribution is 5.57. The summed E-state index contributed by atoms with van der Waals surface area (Å²) in [5, 5.41) is 3.53. The second-order valence-corrected chi connectivity index (χ2v) is 4.18. The van der Waals surface area contributed by atoms with Crippen LogP contribution in [0.15, 0.2) is 12.1 Å². The molecule has 1 atom stereocenters. The standard InChI is InChI=1S/C12H17N/c1-8-6-11-5-4-10(3)13-12(11)7-9(8)2/h6-7,10,13H,4-5H2,1-3H3/t10-/m0/s1. The van der Waals surface area contributed by atoms with Crippen LogP contribution in [0.4, 0.5) is 5.69 Å². The molecule has 0 aliphatic carbocycles. The molecule has 1 aromatic rings. The average molecular weight is 175 g/mol. The van der Waals surface area contributed by atoms with Gasteiger partial charge in [-0.3, -0.25) is 0 Å². The van der Waals surface area contributed by atoms with Crippen molar-refractivity contribution in [2.75, 3.05) is 5.32 Å². The van der Waals surface area contributed by atoms with E-state index in [1.807, 2.05) is 0 Å². The van der Waals surface area contributed by atoms with Crippen LogP contribution in [0.2, 0.25) is 0 Å². The summed E-state index contributed by atoms with van der Waals surface area (Å²) in [6, 6.07) is 5.23. The summed E-state index contributed by atoms with van der Waals surface area (Å²) in [6.07, 6.45) is 2.49. The summed E-state index contributed by atoms with van der Waals surface area (Å²) >= 11 is 0. The van der Waals surface area contributed by atoms with Crippen LogP contribution in [0, 0.1) is 13.8 Å². The van der Waals surface area contributed by atoms with Crippen LogP contribution in [0.3, 0.4) is 0 Å². The van der Waals surface area contributed by atoms with E-state index in [0.717, 1.165) is 0 Å². The lowest BCUT2D eigenvalue weighted by atomic mass is 9.95. The maximum Gasteiger partial charge on any atom is 0.0377 e. The molecule has 0 saturated carbocycles. The van der Waals surface area contributed by atoms with Gasteiger partial charge in [0.25, 0.3) is 0 Å². The molecule has 0 aromatic heterocycles. The maximum absolute atomic E-state index is 3.53. The van der Waals surface area contributed by atoms with Crippen molar-refractivity contribution >= 4 is 5.69 Å². The van der Waals surface area contributed by atoms with Gasteiger partial charge >= 0.3 is 0 Å². The number of benzene rings is 1. The maximum atomic E-state index is 3.53. The fraction of sp³-hybridized carbons (Fsp3) is 0.500. The van der Waals surface area contributed by atoms with Gasteiger partial charge in [-0.25, -0.2) is 0 Å². The average Bonchev–Trinajstić information content (AvgIpc) is 2.08. The molecular weight excluding hydrogens is 158 g/mol. The third-order valence-electron chi connectivity index (χ3n) is 2.97. The summed E-state index contributed by atoms with van der Waals surface area (Å²) in [5.74, 6) is 0. The van der Waals surface area contributed by atoms with E-state index in [9.17, 15) is 0 Å². The lowest BCUT2D eigenvalue weighted by Crippen LogP contribution is -2.22. The van der Waals surface area contributed by atoms with E-state index in [0.29, 0.717) is 6.04 Å². The minimum Gasteiger partial charge on any atom is -0.382 e. The summed E-state index contributed by atoms with van der Waals surface area (Å²) in [5.41, 5.74) is 5.64. The molecule has 0 unspecified atom stereocenters. The summed E-state index contributed by atoms with van der Waals surface area (Å²) in [4.78, 5) is 0. The van der Waals surface area contributed by atoms with Gasteiger partial charge in [-0.05, 0) is 56.4 Å². The highest BCUT2D eigenvalue weighted by atomic mass is 14.9. The third kappa shape index (κ3) is 1.55.